The molecule has 0 spiro atoms. The molecule has 0 fully saturated rings. The first-order valence-electron chi connectivity index (χ1n) is 4.43. The first-order valence-corrected chi connectivity index (χ1v) is 5.96. The molecule has 1 unspecified atom stereocenters. The van der Waals surface area contributed by atoms with Crippen LogP contribution in [0.1, 0.15) is 27.7 Å². The Bertz CT molecular complexity index is 324. The van der Waals surface area contributed by atoms with Gasteiger partial charge in [0.05, 0.1) is 5.41 Å². The largest absolute Gasteiger partial charge is 0.527 e. The predicted molar refractivity (Wildman–Crippen MR) is 53.1 cm³/mol. The van der Waals surface area contributed by atoms with E-state index >= 15 is 0 Å². The van der Waals surface area contributed by atoms with Gasteiger partial charge in [-0.2, -0.15) is 0 Å². The topological polar surface area (TPSA) is 110 Å². The van der Waals surface area contributed by atoms with Gasteiger partial charge in [0.15, 0.2) is 6.10 Å². The number of carbonyl (C=O) groups is 2. The summed E-state index contributed by atoms with van der Waals surface area (Å²) in [4.78, 5) is 39.1. The van der Waals surface area contributed by atoms with Crippen LogP contribution in [0.15, 0.2) is 0 Å². The minimum Gasteiger partial charge on any atom is -0.450 e. The van der Waals surface area contributed by atoms with Crippen molar-refractivity contribution in [2.75, 3.05) is 0 Å². The molecule has 0 aliphatic carbocycles. The molecule has 0 saturated heterocycles. The first-order chi connectivity index (χ1) is 6.93. The quantitative estimate of drug-likeness (QED) is 0.560. The first kappa shape index (κ1) is 15.1. The van der Waals surface area contributed by atoms with Crippen molar-refractivity contribution in [3.05, 3.63) is 0 Å². The number of hydrogen-bond acceptors (Lipinski definition) is 5. The average Bonchev–Trinajstić information content (AvgIpc) is 1.98. The Morgan fingerprint density at radius 2 is 1.69 bits per heavy atom. The number of esters is 1. The van der Waals surface area contributed by atoms with Crippen LogP contribution in [0, 0.1) is 5.41 Å². The Labute approximate surface area is 93.0 Å². The maximum absolute atomic E-state index is 11.3. The van der Waals surface area contributed by atoms with Crippen LogP contribution in [0.3, 0.4) is 0 Å². The minimum absolute atomic E-state index is 0.664. The van der Waals surface area contributed by atoms with Gasteiger partial charge in [0.1, 0.15) is 0 Å². The summed E-state index contributed by atoms with van der Waals surface area (Å²) in [5.41, 5.74) is -0.809. The van der Waals surface area contributed by atoms with Crippen molar-refractivity contribution in [2.24, 2.45) is 5.41 Å². The van der Waals surface area contributed by atoms with E-state index in [1.54, 1.807) is 20.8 Å². The molecule has 0 aromatic heterocycles. The molecule has 0 aromatic carbocycles. The van der Waals surface area contributed by atoms with Crippen molar-refractivity contribution in [3.8, 4) is 0 Å². The molecule has 0 aliphatic rings. The second-order valence-electron chi connectivity index (χ2n) is 4.20. The van der Waals surface area contributed by atoms with Gasteiger partial charge in [-0.3, -0.25) is 14.6 Å². The van der Waals surface area contributed by atoms with Crippen molar-refractivity contribution in [1.82, 2.24) is 0 Å². The highest BCUT2D eigenvalue weighted by atomic mass is 31.2. The van der Waals surface area contributed by atoms with Crippen LogP contribution < -0.4 is 0 Å². The Morgan fingerprint density at radius 1 is 1.25 bits per heavy atom. The average molecular weight is 254 g/mol. The third kappa shape index (κ3) is 5.85. The Morgan fingerprint density at radius 3 is 2.00 bits per heavy atom. The lowest BCUT2D eigenvalue weighted by Gasteiger charge is -2.19. The third-order valence-corrected chi connectivity index (χ3v) is 1.85. The highest BCUT2D eigenvalue weighted by Gasteiger charge is 2.31. The normalized spacial score (nSPS) is 14.1. The second-order valence-corrected chi connectivity index (χ2v) is 5.36. The van der Waals surface area contributed by atoms with Crippen molar-refractivity contribution in [1.29, 1.82) is 0 Å². The maximum atomic E-state index is 11.3. The van der Waals surface area contributed by atoms with Crippen molar-refractivity contribution >= 4 is 19.8 Å². The van der Waals surface area contributed by atoms with E-state index in [0.717, 1.165) is 0 Å². The summed E-state index contributed by atoms with van der Waals surface area (Å²) < 4.78 is 18.8. The van der Waals surface area contributed by atoms with Gasteiger partial charge in [-0.15, -0.1) is 0 Å². The summed E-state index contributed by atoms with van der Waals surface area (Å²) in [6, 6.07) is 0. The van der Waals surface area contributed by atoms with E-state index in [9.17, 15) is 14.2 Å². The zero-order valence-corrected chi connectivity index (χ0v) is 10.4. The summed E-state index contributed by atoms with van der Waals surface area (Å²) in [5, 5.41) is 0. The lowest BCUT2D eigenvalue weighted by Crippen LogP contribution is -2.31. The van der Waals surface area contributed by atoms with Crippen LogP contribution in [-0.2, 0) is 23.4 Å². The van der Waals surface area contributed by atoms with Crippen molar-refractivity contribution in [3.63, 3.8) is 0 Å². The molecule has 0 saturated carbocycles. The van der Waals surface area contributed by atoms with Crippen LogP contribution >= 0.6 is 7.82 Å². The number of rotatable bonds is 3. The Balaban J connectivity index is 4.38. The van der Waals surface area contributed by atoms with E-state index in [-0.39, 0.29) is 0 Å². The standard InChI is InChI=1S/C8H15O7P/c1-5(6(9)15-16(11,12)13)14-7(10)8(2,3)4/h5H,1-4H3,(H2,11,12,13). The third-order valence-electron chi connectivity index (χ3n) is 1.44. The summed E-state index contributed by atoms with van der Waals surface area (Å²) in [6.07, 6.45) is -1.36. The fraction of sp³-hybridized carbons (Fsp3) is 0.750. The number of carbonyl (C=O) groups excluding carboxylic acids is 2. The van der Waals surface area contributed by atoms with Crippen LogP contribution in [0.5, 0.6) is 0 Å². The molecule has 0 aliphatic heterocycles. The smallest absolute Gasteiger partial charge is 0.450 e. The molecule has 0 bridgehead atoms. The maximum Gasteiger partial charge on any atom is 0.527 e. The molecular formula is C8H15O7P. The van der Waals surface area contributed by atoms with Gasteiger partial charge < -0.3 is 9.26 Å². The molecule has 0 heterocycles. The van der Waals surface area contributed by atoms with Crippen LogP contribution in [0.2, 0.25) is 0 Å². The van der Waals surface area contributed by atoms with E-state index < -0.39 is 31.3 Å². The van der Waals surface area contributed by atoms with Gasteiger partial charge >= 0.3 is 19.8 Å². The number of phosphoric ester groups is 1. The van der Waals surface area contributed by atoms with Gasteiger partial charge in [0.2, 0.25) is 0 Å². The molecule has 0 radical (unpaired) electrons. The summed E-state index contributed by atoms with van der Waals surface area (Å²) >= 11 is 0. The van der Waals surface area contributed by atoms with Gasteiger partial charge in [0.25, 0.3) is 0 Å². The lowest BCUT2D eigenvalue weighted by atomic mass is 9.97. The van der Waals surface area contributed by atoms with Gasteiger partial charge in [0, 0.05) is 0 Å². The highest BCUT2D eigenvalue weighted by Crippen LogP contribution is 2.36. The Hall–Kier alpha value is -0.910. The molecule has 94 valence electrons. The van der Waals surface area contributed by atoms with Crippen LogP contribution in [-0.4, -0.2) is 27.8 Å². The van der Waals surface area contributed by atoms with E-state index in [1.807, 2.05) is 0 Å². The SMILES string of the molecule is CC(OC(=O)C(C)(C)C)C(=O)OP(=O)(O)O. The predicted octanol–water partition coefficient (Wildman–Crippen LogP) is 0.600. The second kappa shape index (κ2) is 4.95. The molecule has 1 atom stereocenters. The summed E-state index contributed by atoms with van der Waals surface area (Å²) in [7, 11) is -4.90. The highest BCUT2D eigenvalue weighted by molar-refractivity contribution is 7.46. The van der Waals surface area contributed by atoms with Crippen LogP contribution in [0.25, 0.3) is 0 Å². The molecule has 0 amide bonds. The van der Waals surface area contributed by atoms with Crippen molar-refractivity contribution < 1.29 is 33.2 Å². The molecule has 8 heteroatoms. The zero-order chi connectivity index (χ0) is 13.1. The monoisotopic (exact) mass is 254 g/mol. The minimum atomic E-state index is -4.90. The van der Waals surface area contributed by atoms with E-state index in [2.05, 4.69) is 9.26 Å². The molecule has 0 rings (SSSR count). The van der Waals surface area contributed by atoms with Gasteiger partial charge in [-0.25, -0.2) is 9.36 Å². The Kier molecular flexibility index (Phi) is 4.67. The molecular weight excluding hydrogens is 239 g/mol. The lowest BCUT2D eigenvalue weighted by molar-refractivity contribution is -0.167. The summed E-state index contributed by atoms with van der Waals surface area (Å²) in [5.74, 6) is -1.95. The molecule has 2 N–H and O–H groups in total. The van der Waals surface area contributed by atoms with E-state index in [1.165, 1.54) is 6.92 Å². The van der Waals surface area contributed by atoms with E-state index in [4.69, 9.17) is 9.79 Å². The van der Waals surface area contributed by atoms with Crippen molar-refractivity contribution in [2.45, 2.75) is 33.8 Å². The number of hydrogen-bond donors (Lipinski definition) is 2. The van der Waals surface area contributed by atoms with E-state index in [0.29, 0.717) is 0 Å². The van der Waals surface area contributed by atoms with Gasteiger partial charge in [-0.1, -0.05) is 0 Å². The summed E-state index contributed by atoms with van der Waals surface area (Å²) in [6.45, 7) is 5.91. The molecule has 7 nitrogen and oxygen atoms in total. The van der Waals surface area contributed by atoms with Crippen LogP contribution in [0.4, 0.5) is 0 Å². The number of ether oxygens (including phenoxy) is 1. The number of phosphoric acid groups is 1. The van der Waals surface area contributed by atoms with Gasteiger partial charge in [-0.05, 0) is 27.7 Å². The molecule has 16 heavy (non-hydrogen) atoms. The zero-order valence-electron chi connectivity index (χ0n) is 9.46. The fourth-order valence-corrected chi connectivity index (χ4v) is 0.960. The molecule has 0 aromatic rings. The fourth-order valence-electron chi connectivity index (χ4n) is 0.577.